The summed E-state index contributed by atoms with van der Waals surface area (Å²) >= 11 is 0. The first-order chi connectivity index (χ1) is 11.8. The molecule has 122 valence electrons. The van der Waals surface area contributed by atoms with E-state index < -0.39 is 0 Å². The summed E-state index contributed by atoms with van der Waals surface area (Å²) in [5.41, 5.74) is 2.11. The standard InChI is InChI=1S/C18H19N5O/c24-18(14-2-1-5-19-8-14)23-17-7-15-6-12(16-10-21-22-11-16)3-4-13(15)9-20-17/h3-4,6-7,9-11,14,19H,1-2,5,8H2,(H,21,22)(H,20,23,24)/t14-/m0/s1. The number of hydrogen-bond acceptors (Lipinski definition) is 4. The highest BCUT2D eigenvalue weighted by atomic mass is 16.2. The van der Waals surface area contributed by atoms with Gasteiger partial charge in [0.1, 0.15) is 5.82 Å². The number of anilines is 1. The van der Waals surface area contributed by atoms with Gasteiger partial charge >= 0.3 is 0 Å². The van der Waals surface area contributed by atoms with E-state index in [0.717, 1.165) is 47.8 Å². The summed E-state index contributed by atoms with van der Waals surface area (Å²) in [7, 11) is 0. The molecule has 24 heavy (non-hydrogen) atoms. The summed E-state index contributed by atoms with van der Waals surface area (Å²) < 4.78 is 0. The number of fused-ring (bicyclic) bond motifs is 1. The van der Waals surface area contributed by atoms with Crippen molar-refractivity contribution in [1.82, 2.24) is 20.5 Å². The minimum Gasteiger partial charge on any atom is -0.316 e. The van der Waals surface area contributed by atoms with Gasteiger partial charge < -0.3 is 10.6 Å². The Morgan fingerprint density at radius 2 is 2.12 bits per heavy atom. The fraction of sp³-hybridized carbons (Fsp3) is 0.278. The van der Waals surface area contributed by atoms with E-state index in [9.17, 15) is 4.79 Å². The Hall–Kier alpha value is -2.73. The number of carbonyl (C=O) groups excluding carboxylic acids is 1. The van der Waals surface area contributed by atoms with Crippen LogP contribution in [0.2, 0.25) is 0 Å². The number of piperidine rings is 1. The molecule has 1 amide bonds. The largest absolute Gasteiger partial charge is 0.316 e. The maximum absolute atomic E-state index is 12.4. The molecule has 0 bridgehead atoms. The lowest BCUT2D eigenvalue weighted by atomic mass is 9.99. The average Bonchev–Trinajstić information content (AvgIpc) is 3.16. The SMILES string of the molecule is O=C(Nc1cc2cc(-c3cn[nH]c3)ccc2cn1)[C@H]1CCCNC1. The van der Waals surface area contributed by atoms with Crippen LogP contribution >= 0.6 is 0 Å². The van der Waals surface area contributed by atoms with Crippen molar-refractivity contribution >= 4 is 22.5 Å². The minimum absolute atomic E-state index is 0.0218. The zero-order valence-corrected chi connectivity index (χ0v) is 13.2. The summed E-state index contributed by atoms with van der Waals surface area (Å²) in [4.78, 5) is 16.7. The molecule has 0 aliphatic carbocycles. The van der Waals surface area contributed by atoms with Crippen LogP contribution in [-0.4, -0.2) is 34.2 Å². The van der Waals surface area contributed by atoms with Gasteiger partial charge in [0.2, 0.25) is 5.91 Å². The molecule has 3 heterocycles. The van der Waals surface area contributed by atoms with Gasteiger partial charge in [-0.2, -0.15) is 5.10 Å². The van der Waals surface area contributed by atoms with E-state index in [1.165, 1.54) is 0 Å². The van der Waals surface area contributed by atoms with Crippen molar-refractivity contribution in [1.29, 1.82) is 0 Å². The second-order valence-corrected chi connectivity index (χ2v) is 6.15. The Morgan fingerprint density at radius 3 is 2.92 bits per heavy atom. The molecule has 3 N–H and O–H groups in total. The van der Waals surface area contributed by atoms with Crippen molar-refractivity contribution < 1.29 is 4.79 Å². The molecule has 0 unspecified atom stereocenters. The quantitative estimate of drug-likeness (QED) is 0.692. The molecule has 1 fully saturated rings. The molecular formula is C18H19N5O. The molecule has 6 heteroatoms. The third-order valence-electron chi connectivity index (χ3n) is 4.47. The smallest absolute Gasteiger partial charge is 0.229 e. The van der Waals surface area contributed by atoms with Crippen LogP contribution in [0, 0.1) is 5.92 Å². The van der Waals surface area contributed by atoms with Gasteiger partial charge in [-0.05, 0) is 42.5 Å². The molecule has 4 rings (SSSR count). The van der Waals surface area contributed by atoms with Crippen LogP contribution in [0.15, 0.2) is 42.9 Å². The highest BCUT2D eigenvalue weighted by Gasteiger charge is 2.21. The maximum atomic E-state index is 12.4. The van der Waals surface area contributed by atoms with E-state index in [1.54, 1.807) is 12.4 Å². The van der Waals surface area contributed by atoms with Crippen LogP contribution in [0.1, 0.15) is 12.8 Å². The molecule has 1 aliphatic heterocycles. The molecule has 6 nitrogen and oxygen atoms in total. The van der Waals surface area contributed by atoms with Gasteiger partial charge in [0.05, 0.1) is 12.1 Å². The zero-order chi connectivity index (χ0) is 16.4. The first-order valence-corrected chi connectivity index (χ1v) is 8.20. The highest BCUT2D eigenvalue weighted by Crippen LogP contribution is 2.25. The highest BCUT2D eigenvalue weighted by molar-refractivity contribution is 5.95. The van der Waals surface area contributed by atoms with Crippen molar-refractivity contribution in [3.8, 4) is 11.1 Å². The number of hydrogen-bond donors (Lipinski definition) is 3. The zero-order valence-electron chi connectivity index (χ0n) is 13.2. The van der Waals surface area contributed by atoms with E-state index in [0.29, 0.717) is 5.82 Å². The number of aromatic amines is 1. The van der Waals surface area contributed by atoms with Gasteiger partial charge in [-0.1, -0.05) is 12.1 Å². The second-order valence-electron chi connectivity index (χ2n) is 6.15. The van der Waals surface area contributed by atoms with E-state index in [4.69, 9.17) is 0 Å². The lowest BCUT2D eigenvalue weighted by molar-refractivity contribution is -0.120. The number of nitrogens with one attached hydrogen (secondary N) is 3. The molecular weight excluding hydrogens is 302 g/mol. The van der Waals surface area contributed by atoms with Crippen LogP contribution in [0.3, 0.4) is 0 Å². The number of amides is 1. The second kappa shape index (κ2) is 6.41. The number of nitrogens with zero attached hydrogens (tertiary/aromatic N) is 2. The maximum Gasteiger partial charge on any atom is 0.229 e. The predicted molar refractivity (Wildman–Crippen MR) is 93.5 cm³/mol. The van der Waals surface area contributed by atoms with E-state index in [2.05, 4.69) is 31.9 Å². The first-order valence-electron chi connectivity index (χ1n) is 8.20. The molecule has 0 saturated carbocycles. The number of carbonyl (C=O) groups is 1. The third kappa shape index (κ3) is 3.00. The summed E-state index contributed by atoms with van der Waals surface area (Å²) in [6.45, 7) is 1.73. The van der Waals surface area contributed by atoms with E-state index in [1.807, 2.05) is 24.4 Å². The van der Waals surface area contributed by atoms with Crippen molar-refractivity contribution in [3.05, 3.63) is 42.9 Å². The van der Waals surface area contributed by atoms with E-state index >= 15 is 0 Å². The van der Waals surface area contributed by atoms with Crippen LogP contribution < -0.4 is 10.6 Å². The molecule has 1 aromatic carbocycles. The van der Waals surface area contributed by atoms with E-state index in [-0.39, 0.29) is 11.8 Å². The van der Waals surface area contributed by atoms with Crippen LogP contribution in [0.25, 0.3) is 21.9 Å². The van der Waals surface area contributed by atoms with Gasteiger partial charge in [-0.3, -0.25) is 9.89 Å². The molecule has 0 spiro atoms. The minimum atomic E-state index is 0.0218. The molecule has 1 saturated heterocycles. The Kier molecular flexibility index (Phi) is 3.96. The number of benzene rings is 1. The average molecular weight is 321 g/mol. The number of pyridine rings is 1. The molecule has 0 radical (unpaired) electrons. The fourth-order valence-electron chi connectivity index (χ4n) is 3.10. The normalized spacial score (nSPS) is 17.8. The molecule has 2 aromatic heterocycles. The topological polar surface area (TPSA) is 82.7 Å². The summed E-state index contributed by atoms with van der Waals surface area (Å²) in [5, 5.41) is 15.1. The Bertz CT molecular complexity index is 853. The van der Waals surface area contributed by atoms with Crippen LogP contribution in [0.4, 0.5) is 5.82 Å². The van der Waals surface area contributed by atoms with Gasteiger partial charge in [0.25, 0.3) is 0 Å². The fourth-order valence-corrected chi connectivity index (χ4v) is 3.10. The van der Waals surface area contributed by atoms with Gasteiger partial charge in [0, 0.05) is 29.9 Å². The molecule has 3 aromatic rings. The molecule has 1 atom stereocenters. The van der Waals surface area contributed by atoms with Crippen LogP contribution in [0.5, 0.6) is 0 Å². The van der Waals surface area contributed by atoms with Gasteiger partial charge in [-0.25, -0.2) is 4.98 Å². The predicted octanol–water partition coefficient (Wildman–Crippen LogP) is 2.56. The third-order valence-corrected chi connectivity index (χ3v) is 4.47. The van der Waals surface area contributed by atoms with Crippen molar-refractivity contribution in [2.75, 3.05) is 18.4 Å². The first kappa shape index (κ1) is 14.8. The van der Waals surface area contributed by atoms with Crippen LogP contribution in [-0.2, 0) is 4.79 Å². The summed E-state index contributed by atoms with van der Waals surface area (Å²) in [6, 6.07) is 8.08. The number of H-pyrrole nitrogens is 1. The lowest BCUT2D eigenvalue weighted by Gasteiger charge is -2.21. The number of aromatic nitrogens is 3. The van der Waals surface area contributed by atoms with Crippen molar-refractivity contribution in [3.63, 3.8) is 0 Å². The van der Waals surface area contributed by atoms with Gasteiger partial charge in [0.15, 0.2) is 0 Å². The Morgan fingerprint density at radius 1 is 1.17 bits per heavy atom. The monoisotopic (exact) mass is 321 g/mol. The van der Waals surface area contributed by atoms with Gasteiger partial charge in [-0.15, -0.1) is 0 Å². The van der Waals surface area contributed by atoms with Crippen molar-refractivity contribution in [2.24, 2.45) is 5.92 Å². The molecule has 1 aliphatic rings. The Labute approximate surface area is 139 Å². The summed E-state index contributed by atoms with van der Waals surface area (Å²) in [5.74, 6) is 0.663. The Balaban J connectivity index is 1.58. The summed E-state index contributed by atoms with van der Waals surface area (Å²) in [6.07, 6.45) is 7.42. The van der Waals surface area contributed by atoms with Crippen molar-refractivity contribution in [2.45, 2.75) is 12.8 Å². The number of rotatable bonds is 3. The lowest BCUT2D eigenvalue weighted by Crippen LogP contribution is -2.37.